The van der Waals surface area contributed by atoms with E-state index in [1.165, 1.54) is 6.07 Å². The third-order valence-corrected chi connectivity index (χ3v) is 3.08. The summed E-state index contributed by atoms with van der Waals surface area (Å²) in [5.74, 6) is -0.238. The summed E-state index contributed by atoms with van der Waals surface area (Å²) in [4.78, 5) is 0. The van der Waals surface area contributed by atoms with Gasteiger partial charge in [0.2, 0.25) is 0 Å². The Morgan fingerprint density at radius 2 is 2.18 bits per heavy atom. The van der Waals surface area contributed by atoms with Crippen LogP contribution in [0.1, 0.15) is 17.3 Å². The first kappa shape index (κ1) is 12.3. The van der Waals surface area contributed by atoms with Gasteiger partial charge in [-0.15, -0.1) is 0 Å². The Hall–Kier alpha value is -1.20. The van der Waals surface area contributed by atoms with E-state index in [1.807, 2.05) is 19.3 Å². The molecule has 90 valence electrons. The fourth-order valence-electron chi connectivity index (χ4n) is 1.79. The van der Waals surface area contributed by atoms with Crippen LogP contribution in [0.15, 0.2) is 34.9 Å². The maximum absolute atomic E-state index is 13.8. The zero-order chi connectivity index (χ0) is 12.4. The number of halogens is 2. The zero-order valence-corrected chi connectivity index (χ0v) is 11.2. The first-order valence-corrected chi connectivity index (χ1v) is 6.03. The Morgan fingerprint density at radius 1 is 1.41 bits per heavy atom. The molecule has 17 heavy (non-hydrogen) atoms. The molecule has 0 aliphatic carbocycles. The van der Waals surface area contributed by atoms with Crippen LogP contribution in [0, 0.1) is 5.82 Å². The summed E-state index contributed by atoms with van der Waals surface area (Å²) >= 11 is 3.35. The molecule has 0 radical (unpaired) electrons. The Morgan fingerprint density at radius 3 is 2.76 bits per heavy atom. The number of aromatic nitrogens is 2. The van der Waals surface area contributed by atoms with E-state index in [9.17, 15) is 4.39 Å². The Kier molecular flexibility index (Phi) is 3.59. The minimum atomic E-state index is -0.242. The van der Waals surface area contributed by atoms with Gasteiger partial charge in [0, 0.05) is 23.3 Å². The maximum atomic E-state index is 13.8. The average molecular weight is 298 g/mol. The smallest absolute Gasteiger partial charge is 0.128 e. The molecule has 0 fully saturated rings. The predicted molar refractivity (Wildman–Crippen MR) is 68.2 cm³/mol. The Bertz CT molecular complexity index is 524. The van der Waals surface area contributed by atoms with Crippen molar-refractivity contribution < 1.29 is 4.39 Å². The van der Waals surface area contributed by atoms with Crippen LogP contribution in [0.4, 0.5) is 4.39 Å². The summed E-state index contributed by atoms with van der Waals surface area (Å²) in [6.07, 6.45) is 1.84. The van der Waals surface area contributed by atoms with Crippen LogP contribution in [-0.2, 0) is 7.05 Å². The van der Waals surface area contributed by atoms with Crippen molar-refractivity contribution in [1.29, 1.82) is 0 Å². The van der Waals surface area contributed by atoms with Gasteiger partial charge in [0.1, 0.15) is 5.82 Å². The van der Waals surface area contributed by atoms with E-state index >= 15 is 0 Å². The van der Waals surface area contributed by atoms with Crippen LogP contribution < -0.4 is 5.32 Å². The van der Waals surface area contributed by atoms with Crippen LogP contribution in [-0.4, -0.2) is 16.8 Å². The van der Waals surface area contributed by atoms with E-state index in [0.717, 1.165) is 10.2 Å². The Balaban J connectivity index is 2.45. The van der Waals surface area contributed by atoms with Crippen LogP contribution in [0.2, 0.25) is 0 Å². The van der Waals surface area contributed by atoms with Crippen molar-refractivity contribution in [1.82, 2.24) is 15.1 Å². The highest BCUT2D eigenvalue weighted by molar-refractivity contribution is 9.10. The van der Waals surface area contributed by atoms with Crippen molar-refractivity contribution in [2.45, 2.75) is 6.04 Å². The van der Waals surface area contributed by atoms with Crippen molar-refractivity contribution >= 4 is 15.9 Å². The number of nitrogens with zero attached hydrogens (tertiary/aromatic N) is 2. The minimum Gasteiger partial charge on any atom is -0.308 e. The Labute approximate surface area is 108 Å². The highest BCUT2D eigenvalue weighted by Gasteiger charge is 2.18. The quantitative estimate of drug-likeness (QED) is 0.944. The molecule has 2 aromatic rings. The highest BCUT2D eigenvalue weighted by atomic mass is 79.9. The van der Waals surface area contributed by atoms with E-state index < -0.39 is 0 Å². The van der Waals surface area contributed by atoms with Crippen molar-refractivity contribution in [3.8, 4) is 0 Å². The molecule has 0 aliphatic heterocycles. The monoisotopic (exact) mass is 297 g/mol. The number of hydrogen-bond donors (Lipinski definition) is 1. The molecule has 1 heterocycles. The van der Waals surface area contributed by atoms with Crippen LogP contribution >= 0.6 is 15.9 Å². The highest BCUT2D eigenvalue weighted by Crippen LogP contribution is 2.25. The van der Waals surface area contributed by atoms with Crippen LogP contribution in [0.5, 0.6) is 0 Å². The van der Waals surface area contributed by atoms with Crippen molar-refractivity contribution in [3.05, 3.63) is 52.0 Å². The largest absolute Gasteiger partial charge is 0.308 e. The normalized spacial score (nSPS) is 12.7. The summed E-state index contributed by atoms with van der Waals surface area (Å²) in [6, 6.07) is 6.54. The molecule has 0 saturated carbocycles. The lowest BCUT2D eigenvalue weighted by molar-refractivity contribution is 0.564. The lowest BCUT2D eigenvalue weighted by Crippen LogP contribution is -2.19. The average Bonchev–Trinajstić information content (AvgIpc) is 2.71. The van der Waals surface area contributed by atoms with E-state index in [1.54, 1.807) is 23.9 Å². The van der Waals surface area contributed by atoms with Gasteiger partial charge in [0.25, 0.3) is 0 Å². The fourth-order valence-corrected chi connectivity index (χ4v) is 2.16. The molecular formula is C12H13BrFN3. The van der Waals surface area contributed by atoms with Gasteiger partial charge >= 0.3 is 0 Å². The van der Waals surface area contributed by atoms with Gasteiger partial charge in [-0.3, -0.25) is 4.68 Å². The SMILES string of the molecule is CNC(c1ccn(C)n1)c1cc(Br)ccc1F. The fraction of sp³-hybridized carbons (Fsp3) is 0.250. The van der Waals surface area contributed by atoms with Gasteiger partial charge in [0.05, 0.1) is 11.7 Å². The lowest BCUT2D eigenvalue weighted by Gasteiger charge is -2.15. The van der Waals surface area contributed by atoms with Gasteiger partial charge in [-0.1, -0.05) is 15.9 Å². The van der Waals surface area contributed by atoms with Crippen molar-refractivity contribution in [2.24, 2.45) is 7.05 Å². The molecule has 5 heteroatoms. The van der Waals surface area contributed by atoms with Crippen LogP contribution in [0.25, 0.3) is 0 Å². The molecule has 0 saturated heterocycles. The third-order valence-electron chi connectivity index (χ3n) is 2.59. The minimum absolute atomic E-state index is 0.238. The van der Waals surface area contributed by atoms with Crippen molar-refractivity contribution in [2.75, 3.05) is 7.05 Å². The molecule has 1 unspecified atom stereocenters. The summed E-state index contributed by atoms with van der Waals surface area (Å²) in [5, 5.41) is 7.38. The molecule has 0 aliphatic rings. The van der Waals surface area contributed by atoms with Gasteiger partial charge in [0.15, 0.2) is 0 Å². The van der Waals surface area contributed by atoms with Gasteiger partial charge in [-0.25, -0.2) is 4.39 Å². The van der Waals surface area contributed by atoms with Gasteiger partial charge in [-0.2, -0.15) is 5.10 Å². The first-order valence-electron chi connectivity index (χ1n) is 5.23. The molecule has 1 aromatic heterocycles. The standard InChI is InChI=1S/C12H13BrFN3/c1-15-12(11-5-6-17(2)16-11)9-7-8(13)3-4-10(9)14/h3-7,12,15H,1-2H3. The molecule has 3 nitrogen and oxygen atoms in total. The lowest BCUT2D eigenvalue weighted by atomic mass is 10.0. The summed E-state index contributed by atoms with van der Waals surface area (Å²) < 4.78 is 16.4. The zero-order valence-electron chi connectivity index (χ0n) is 9.61. The van der Waals surface area contributed by atoms with Crippen molar-refractivity contribution in [3.63, 3.8) is 0 Å². The second kappa shape index (κ2) is 4.98. The van der Waals surface area contributed by atoms with E-state index in [4.69, 9.17) is 0 Å². The van der Waals surface area contributed by atoms with Gasteiger partial charge < -0.3 is 5.32 Å². The molecule has 1 aromatic carbocycles. The van der Waals surface area contributed by atoms with E-state index in [2.05, 4.69) is 26.3 Å². The number of aryl methyl sites for hydroxylation is 1. The molecule has 1 atom stereocenters. The third kappa shape index (κ3) is 2.56. The molecular weight excluding hydrogens is 285 g/mol. The molecule has 2 rings (SSSR count). The van der Waals surface area contributed by atoms with E-state index in [0.29, 0.717) is 5.56 Å². The second-order valence-electron chi connectivity index (χ2n) is 3.80. The number of benzene rings is 1. The molecule has 1 N–H and O–H groups in total. The molecule has 0 amide bonds. The summed E-state index contributed by atoms with van der Waals surface area (Å²) in [5.41, 5.74) is 1.38. The molecule has 0 bridgehead atoms. The van der Waals surface area contributed by atoms with E-state index in [-0.39, 0.29) is 11.9 Å². The number of nitrogens with one attached hydrogen (secondary N) is 1. The predicted octanol–water partition coefficient (Wildman–Crippen LogP) is 2.63. The second-order valence-corrected chi connectivity index (χ2v) is 4.72. The first-order chi connectivity index (χ1) is 8.11. The van der Waals surface area contributed by atoms with Crippen LogP contribution in [0.3, 0.4) is 0 Å². The topological polar surface area (TPSA) is 29.9 Å². The number of rotatable bonds is 3. The summed E-state index contributed by atoms with van der Waals surface area (Å²) in [6.45, 7) is 0. The molecule has 0 spiro atoms. The van der Waals surface area contributed by atoms with Gasteiger partial charge in [-0.05, 0) is 31.3 Å². The number of hydrogen-bond acceptors (Lipinski definition) is 2. The maximum Gasteiger partial charge on any atom is 0.128 e. The summed E-state index contributed by atoms with van der Waals surface area (Å²) in [7, 11) is 3.63.